The van der Waals surface area contributed by atoms with Crippen LogP contribution >= 0.6 is 0 Å². The number of benzene rings is 2. The molecule has 1 aromatic heterocycles. The summed E-state index contributed by atoms with van der Waals surface area (Å²) in [5, 5.41) is 6.73. The first-order valence-electron chi connectivity index (χ1n) is 11.4. The number of rotatable bonds is 9. The summed E-state index contributed by atoms with van der Waals surface area (Å²) in [5.74, 6) is 0.459. The molecule has 33 heavy (non-hydrogen) atoms. The maximum absolute atomic E-state index is 13.5. The van der Waals surface area contributed by atoms with Gasteiger partial charge in [0.05, 0.1) is 11.6 Å². The fourth-order valence-corrected chi connectivity index (χ4v) is 6.03. The second-order valence-electron chi connectivity index (χ2n) is 8.30. The third-order valence-corrected chi connectivity index (χ3v) is 7.72. The number of hydrogen-bond acceptors (Lipinski definition) is 7. The minimum atomic E-state index is -3.99. The highest BCUT2D eigenvalue weighted by Gasteiger charge is 2.32. The molecular weight excluding hydrogens is 438 g/mol. The number of anilines is 2. The summed E-state index contributed by atoms with van der Waals surface area (Å²) in [6.07, 6.45) is 2.05. The first-order valence-corrected chi connectivity index (χ1v) is 12.8. The van der Waals surface area contributed by atoms with Crippen molar-refractivity contribution < 1.29 is 12.6 Å². The van der Waals surface area contributed by atoms with Gasteiger partial charge in [-0.1, -0.05) is 30.3 Å². The molecule has 0 bridgehead atoms. The topological polar surface area (TPSA) is 87.6 Å². The zero-order valence-electron chi connectivity index (χ0n) is 19.5. The molecule has 178 valence electrons. The van der Waals surface area contributed by atoms with Gasteiger partial charge in [0.15, 0.2) is 0 Å². The third-order valence-electron chi connectivity index (χ3n) is 6.28. The van der Waals surface area contributed by atoms with Gasteiger partial charge < -0.3 is 21.0 Å². The Hall–Kier alpha value is -2.75. The summed E-state index contributed by atoms with van der Waals surface area (Å²) in [5.41, 5.74) is 5.98. The van der Waals surface area contributed by atoms with Crippen LogP contribution in [0.5, 0.6) is 0 Å². The average Bonchev–Trinajstić information content (AvgIpc) is 3.17. The minimum absolute atomic E-state index is 0.165. The zero-order chi connectivity index (χ0) is 23.4. The van der Waals surface area contributed by atoms with Crippen LogP contribution in [0.1, 0.15) is 18.4 Å². The molecule has 0 amide bonds. The van der Waals surface area contributed by atoms with Crippen LogP contribution in [-0.2, 0) is 20.7 Å². The molecule has 1 aliphatic heterocycles. The molecular formula is C24H33N5O3S. The fraction of sp³-hybridized carbons (Fsp3) is 0.417. The Labute approximate surface area is 196 Å². The zero-order valence-corrected chi connectivity index (χ0v) is 20.3. The fourth-order valence-electron chi connectivity index (χ4n) is 4.52. The van der Waals surface area contributed by atoms with Gasteiger partial charge in [-0.25, -0.2) is 4.68 Å². The quantitative estimate of drug-likeness (QED) is 0.413. The van der Waals surface area contributed by atoms with E-state index in [0.29, 0.717) is 24.0 Å². The summed E-state index contributed by atoms with van der Waals surface area (Å²) in [7, 11) is 1.30. The first kappa shape index (κ1) is 23.4. The van der Waals surface area contributed by atoms with Crippen LogP contribution in [0.2, 0.25) is 0 Å². The summed E-state index contributed by atoms with van der Waals surface area (Å²) in [4.78, 5) is 2.54. The van der Waals surface area contributed by atoms with Gasteiger partial charge >= 0.3 is 10.1 Å². The van der Waals surface area contributed by atoms with Crippen LogP contribution in [0, 0.1) is 0 Å². The molecule has 3 N–H and O–H groups in total. The highest BCUT2D eigenvalue weighted by Crippen LogP contribution is 2.36. The second-order valence-corrected chi connectivity index (χ2v) is 9.80. The molecule has 8 nitrogen and oxygen atoms in total. The van der Waals surface area contributed by atoms with Gasteiger partial charge in [-0.05, 0) is 43.0 Å². The third kappa shape index (κ3) is 4.95. The number of hydrogen-bond donors (Lipinski definition) is 3. The van der Waals surface area contributed by atoms with Gasteiger partial charge in [0.1, 0.15) is 10.7 Å². The number of aromatic nitrogens is 1. The molecule has 0 aliphatic carbocycles. The van der Waals surface area contributed by atoms with Crippen LogP contribution in [-0.4, -0.2) is 64.9 Å². The largest absolute Gasteiger partial charge is 0.388 e. The van der Waals surface area contributed by atoms with Crippen LogP contribution in [0.3, 0.4) is 0 Å². The maximum atomic E-state index is 13.5. The highest BCUT2D eigenvalue weighted by atomic mass is 32.2. The second kappa shape index (κ2) is 10.0. The predicted octanol–water partition coefficient (Wildman–Crippen LogP) is 3.31. The summed E-state index contributed by atoms with van der Waals surface area (Å²) >= 11 is 0. The molecule has 0 unspecified atom stereocenters. The van der Waals surface area contributed by atoms with E-state index in [2.05, 4.69) is 45.2 Å². The van der Waals surface area contributed by atoms with Crippen LogP contribution < -0.4 is 16.1 Å². The van der Waals surface area contributed by atoms with E-state index in [0.717, 1.165) is 37.3 Å². The summed E-state index contributed by atoms with van der Waals surface area (Å²) in [6.45, 7) is 2.62. The predicted molar refractivity (Wildman–Crippen MR) is 134 cm³/mol. The van der Waals surface area contributed by atoms with Crippen molar-refractivity contribution in [3.63, 3.8) is 0 Å². The lowest BCUT2D eigenvalue weighted by molar-refractivity contribution is 0.106. The van der Waals surface area contributed by atoms with Crippen molar-refractivity contribution in [3.8, 4) is 0 Å². The molecule has 3 aromatic rings. The Bertz CT molecular complexity index is 1190. The Morgan fingerprint density at radius 3 is 2.36 bits per heavy atom. The van der Waals surface area contributed by atoms with E-state index in [1.807, 2.05) is 31.3 Å². The molecule has 1 fully saturated rings. The van der Waals surface area contributed by atoms with Crippen LogP contribution in [0.25, 0.3) is 10.9 Å². The molecule has 9 heteroatoms. The monoisotopic (exact) mass is 471 g/mol. The maximum Gasteiger partial charge on any atom is 0.301 e. The number of fused-ring (bicyclic) bond motifs is 1. The molecule has 4 rings (SSSR count). The van der Waals surface area contributed by atoms with Crippen molar-refractivity contribution in [2.45, 2.75) is 30.3 Å². The minimum Gasteiger partial charge on any atom is -0.388 e. The van der Waals surface area contributed by atoms with Crippen molar-refractivity contribution >= 4 is 32.5 Å². The van der Waals surface area contributed by atoms with Gasteiger partial charge in [-0.2, -0.15) is 8.42 Å². The SMILES string of the molecule is CNc1ccc2c(c1)c(S(=O)(=O)OC1CCN(CCc3ccccc3)CC1)c(NC)n2NC. The summed E-state index contributed by atoms with van der Waals surface area (Å²) in [6, 6.07) is 16.1. The van der Waals surface area contributed by atoms with E-state index in [4.69, 9.17) is 4.18 Å². The lowest BCUT2D eigenvalue weighted by atomic mass is 10.1. The highest BCUT2D eigenvalue weighted by molar-refractivity contribution is 7.87. The lowest BCUT2D eigenvalue weighted by Crippen LogP contribution is -2.38. The van der Waals surface area contributed by atoms with Crippen molar-refractivity contribution in [1.82, 2.24) is 9.58 Å². The Morgan fingerprint density at radius 2 is 1.73 bits per heavy atom. The van der Waals surface area contributed by atoms with Gasteiger partial charge in [-0.3, -0.25) is 4.18 Å². The molecule has 1 aliphatic rings. The van der Waals surface area contributed by atoms with Gasteiger partial charge in [0.25, 0.3) is 0 Å². The Balaban J connectivity index is 1.49. The van der Waals surface area contributed by atoms with E-state index in [1.165, 1.54) is 5.56 Å². The van der Waals surface area contributed by atoms with E-state index >= 15 is 0 Å². The number of nitrogens with one attached hydrogen (secondary N) is 3. The van der Waals surface area contributed by atoms with Gasteiger partial charge in [0.2, 0.25) is 0 Å². The number of nitrogens with zero attached hydrogens (tertiary/aromatic N) is 2. The normalized spacial score (nSPS) is 15.6. The Kier molecular flexibility index (Phi) is 7.11. The standard InChI is InChI=1S/C24H33N5O3S/c1-25-19-9-10-22-21(17-19)23(24(26-2)29(22)27-3)33(30,31)32-20-12-15-28(16-13-20)14-11-18-7-5-4-6-8-18/h4-10,17,20,25-27H,11-16H2,1-3H3. The van der Waals surface area contributed by atoms with E-state index in [-0.39, 0.29) is 11.0 Å². The van der Waals surface area contributed by atoms with Crippen molar-refractivity contribution in [2.24, 2.45) is 0 Å². The van der Waals surface area contributed by atoms with Gasteiger partial charge in [-0.15, -0.1) is 0 Å². The van der Waals surface area contributed by atoms with Crippen molar-refractivity contribution in [3.05, 3.63) is 54.1 Å². The van der Waals surface area contributed by atoms with E-state index in [1.54, 1.807) is 18.8 Å². The summed E-state index contributed by atoms with van der Waals surface area (Å²) < 4.78 is 34.5. The van der Waals surface area contributed by atoms with Crippen molar-refractivity contribution in [2.75, 3.05) is 56.8 Å². The molecule has 0 spiro atoms. The molecule has 0 saturated carbocycles. The molecule has 1 saturated heterocycles. The van der Waals surface area contributed by atoms with Crippen LogP contribution in [0.4, 0.5) is 11.5 Å². The average molecular weight is 472 g/mol. The molecule has 2 aromatic carbocycles. The molecule has 0 atom stereocenters. The smallest absolute Gasteiger partial charge is 0.301 e. The van der Waals surface area contributed by atoms with Crippen molar-refractivity contribution in [1.29, 1.82) is 0 Å². The molecule has 2 heterocycles. The Morgan fingerprint density at radius 1 is 1.00 bits per heavy atom. The molecule has 0 radical (unpaired) electrons. The number of likely N-dealkylation sites (tertiary alicyclic amines) is 1. The van der Waals surface area contributed by atoms with Crippen LogP contribution in [0.15, 0.2) is 53.4 Å². The lowest BCUT2D eigenvalue weighted by Gasteiger charge is -2.31. The number of piperidine rings is 1. The van der Waals surface area contributed by atoms with E-state index < -0.39 is 10.1 Å². The first-order chi connectivity index (χ1) is 16.0. The van der Waals surface area contributed by atoms with E-state index in [9.17, 15) is 8.42 Å². The van der Waals surface area contributed by atoms with Gasteiger partial charge in [0, 0.05) is 51.9 Å².